The Morgan fingerprint density at radius 3 is 1.33 bits per heavy atom. The minimum absolute atomic E-state index is 0.0842. The monoisotopic (exact) mass is 969 g/mol. The molecule has 0 bridgehead atoms. The summed E-state index contributed by atoms with van der Waals surface area (Å²) < 4.78 is 101. The number of hydrogen-bond donors (Lipinski definition) is 0. The lowest BCUT2D eigenvalue weighted by molar-refractivity contribution is 0.669. The maximum Gasteiger partial charge on any atom is 0.143 e. The third-order valence-corrected chi connectivity index (χ3v) is 14.3. The third kappa shape index (κ3) is 7.08. The quantitative estimate of drug-likeness (QED) is 0.144. The van der Waals surface area contributed by atoms with Crippen molar-refractivity contribution in [3.8, 4) is 27.9 Å². The van der Waals surface area contributed by atoms with Crippen LogP contribution < -0.4 is 9.80 Å². The number of benzene rings is 12. The number of fused-ring (bicyclic) bond motifs is 10. The van der Waals surface area contributed by atoms with Crippen LogP contribution in [0, 0.1) is 0 Å². The number of aromatic nitrogens is 1. The Kier molecular flexibility index (Phi) is 7.73. The van der Waals surface area contributed by atoms with E-state index in [1.165, 1.54) is 0 Å². The summed E-state index contributed by atoms with van der Waals surface area (Å²) in [5, 5.41) is 7.37. The number of nitrogens with zero attached hydrogens (tertiary/aromatic N) is 3. The minimum atomic E-state index is -0.451. The van der Waals surface area contributed by atoms with E-state index >= 15 is 0 Å². The van der Waals surface area contributed by atoms with Crippen LogP contribution in [-0.2, 0) is 0 Å². The summed E-state index contributed by atoms with van der Waals surface area (Å²) in [6.45, 7) is 0. The van der Waals surface area contributed by atoms with E-state index in [9.17, 15) is 0 Å². The van der Waals surface area contributed by atoms with E-state index in [-0.39, 0.29) is 35.3 Å². The summed E-state index contributed by atoms with van der Waals surface area (Å²) in [6, 6.07) is 67.6. The van der Waals surface area contributed by atoms with Crippen LogP contribution in [0.4, 0.5) is 34.1 Å². The normalized spacial score (nSPS) is 13.6. The van der Waals surface area contributed by atoms with E-state index in [1.54, 1.807) is 12.1 Å². The molecule has 15 aromatic rings. The molecule has 5 nitrogen and oxygen atoms in total. The molecular formula is C70H45N3O2. The average Bonchev–Trinajstić information content (AvgIpc) is 2.13. The van der Waals surface area contributed by atoms with Crippen LogP contribution >= 0.6 is 0 Å². The molecule has 0 saturated heterocycles. The first-order valence-corrected chi connectivity index (χ1v) is 24.7. The summed E-state index contributed by atoms with van der Waals surface area (Å²) in [4.78, 5) is 4.38. The molecule has 75 heavy (non-hydrogen) atoms. The van der Waals surface area contributed by atoms with E-state index in [0.717, 1.165) is 93.9 Å². The van der Waals surface area contributed by atoms with E-state index < -0.39 is 36.3 Å². The average molecular weight is 970 g/mol. The largest absolute Gasteiger partial charge is 0.455 e. The fraction of sp³-hybridized carbons (Fsp3) is 0. The fourth-order valence-corrected chi connectivity index (χ4v) is 10.9. The first-order valence-electron chi connectivity index (χ1n) is 29.7. The summed E-state index contributed by atoms with van der Waals surface area (Å²) in [5.74, 6) is 0. The van der Waals surface area contributed by atoms with Gasteiger partial charge in [0.15, 0.2) is 0 Å². The summed E-state index contributed by atoms with van der Waals surface area (Å²) in [6.07, 6.45) is 0. The highest BCUT2D eigenvalue weighted by Crippen LogP contribution is 2.45. The second kappa shape index (κ2) is 17.3. The zero-order valence-corrected chi connectivity index (χ0v) is 39.9. The lowest BCUT2D eigenvalue weighted by Gasteiger charge is -2.25. The van der Waals surface area contributed by atoms with Crippen molar-refractivity contribution >= 4 is 111 Å². The molecule has 15 rings (SSSR count). The zero-order valence-electron chi connectivity index (χ0n) is 49.9. The standard InChI is InChI=1S/C70H45N3O2/c1-6-18-46(19-7-1)57-28-16-30-62-60-38-35-55(44-67(60)74-69(57)62)71(50-22-10-3-11-23-50)53-33-32-48-41-64-59-37-34-54(43-66(59)73(52-26-14-5-15-27-52)65(64)42-49(48)40-53)72(51-24-12-4-13-25-51)56-36-39-61-63-31-17-29-58(47-20-8-2-9-21-47)70(63)75-68(61)45-56/h1-45H/i1D,2D,6D,7D,8D,9D,18D,19D,20D,21D. The van der Waals surface area contributed by atoms with Gasteiger partial charge in [0.05, 0.1) is 24.7 Å². The molecule has 0 fully saturated rings. The molecule has 0 N–H and O–H groups in total. The van der Waals surface area contributed by atoms with Gasteiger partial charge in [-0.1, -0.05) is 164 Å². The molecule has 352 valence electrons. The molecule has 3 aromatic heterocycles. The first-order chi connectivity index (χ1) is 41.3. The SMILES string of the molecule is [2H]c1c([2H])c([2H])c(-c2cccc3c2oc2cc(N(c4ccccc4)c4ccc5cc6c7ccc(N(c8ccccc8)c8ccc9c(c8)oc8c(-c%10c([2H])c([2H])c([2H])c([2H])c%10[2H])cccc89)cc7n(-c7ccccc7)c6cc5c4)ccc23)c([2H])c1[2H]. The second-order valence-corrected chi connectivity index (χ2v) is 18.5. The number of anilines is 6. The highest BCUT2D eigenvalue weighted by molar-refractivity contribution is 6.16. The zero-order chi connectivity index (χ0) is 58.1. The molecule has 0 aliphatic heterocycles. The molecular weight excluding hydrogens is 915 g/mol. The van der Waals surface area contributed by atoms with Crippen LogP contribution in [0.25, 0.3) is 104 Å². The lowest BCUT2D eigenvalue weighted by atomic mass is 10.0. The third-order valence-electron chi connectivity index (χ3n) is 14.3. The van der Waals surface area contributed by atoms with Crippen LogP contribution in [0.1, 0.15) is 13.7 Å². The molecule has 12 aromatic carbocycles. The van der Waals surface area contributed by atoms with Crippen LogP contribution in [0.15, 0.2) is 282 Å². The second-order valence-electron chi connectivity index (χ2n) is 18.5. The predicted molar refractivity (Wildman–Crippen MR) is 313 cm³/mol. The van der Waals surface area contributed by atoms with Crippen molar-refractivity contribution < 1.29 is 22.5 Å². The molecule has 0 amide bonds. The van der Waals surface area contributed by atoms with Gasteiger partial charge in [-0.3, -0.25) is 0 Å². The summed E-state index contributed by atoms with van der Waals surface area (Å²) >= 11 is 0. The van der Waals surface area contributed by atoms with Gasteiger partial charge in [-0.2, -0.15) is 0 Å². The smallest absolute Gasteiger partial charge is 0.143 e. The first kappa shape index (κ1) is 33.5. The van der Waals surface area contributed by atoms with Gasteiger partial charge in [0.1, 0.15) is 22.3 Å². The van der Waals surface area contributed by atoms with Crippen molar-refractivity contribution in [1.82, 2.24) is 4.57 Å². The maximum atomic E-state index is 8.78. The molecule has 0 atom stereocenters. The minimum Gasteiger partial charge on any atom is -0.455 e. The number of furan rings is 2. The Morgan fingerprint density at radius 2 is 0.787 bits per heavy atom. The molecule has 0 saturated carbocycles. The van der Waals surface area contributed by atoms with Gasteiger partial charge in [0, 0.05) is 95.4 Å². The van der Waals surface area contributed by atoms with Gasteiger partial charge in [-0.25, -0.2) is 0 Å². The Balaban J connectivity index is 0.869. The van der Waals surface area contributed by atoms with Crippen LogP contribution in [0.5, 0.6) is 0 Å². The topological polar surface area (TPSA) is 37.7 Å². The molecule has 3 heterocycles. The Bertz CT molecular complexity index is 5220. The maximum absolute atomic E-state index is 8.78. The van der Waals surface area contributed by atoms with Gasteiger partial charge >= 0.3 is 0 Å². The van der Waals surface area contributed by atoms with Gasteiger partial charge in [-0.05, 0) is 119 Å². The predicted octanol–water partition coefficient (Wildman–Crippen LogP) is 20.0. The van der Waals surface area contributed by atoms with Crippen LogP contribution in [0.3, 0.4) is 0 Å². The highest BCUT2D eigenvalue weighted by Gasteiger charge is 2.22. The van der Waals surface area contributed by atoms with Crippen LogP contribution in [0.2, 0.25) is 0 Å². The molecule has 0 radical (unpaired) electrons. The van der Waals surface area contributed by atoms with Crippen molar-refractivity contribution in [2.45, 2.75) is 0 Å². The molecule has 0 unspecified atom stereocenters. The Hall–Kier alpha value is -10.1. The molecule has 5 heteroatoms. The van der Waals surface area contributed by atoms with Crippen LogP contribution in [-0.4, -0.2) is 4.57 Å². The van der Waals surface area contributed by atoms with Crippen molar-refractivity contribution in [2.75, 3.05) is 9.80 Å². The van der Waals surface area contributed by atoms with Crippen molar-refractivity contribution in [1.29, 1.82) is 0 Å². The van der Waals surface area contributed by atoms with Gasteiger partial charge < -0.3 is 23.2 Å². The number of hydrogen-bond acceptors (Lipinski definition) is 4. The van der Waals surface area contributed by atoms with Gasteiger partial charge in [0.25, 0.3) is 0 Å². The fourth-order valence-electron chi connectivity index (χ4n) is 10.9. The Morgan fingerprint density at radius 1 is 0.320 bits per heavy atom. The van der Waals surface area contributed by atoms with E-state index in [2.05, 4.69) is 111 Å². The molecule has 0 aliphatic rings. The highest BCUT2D eigenvalue weighted by atomic mass is 16.3. The van der Waals surface area contributed by atoms with E-state index in [4.69, 9.17) is 22.5 Å². The summed E-state index contributed by atoms with van der Waals surface area (Å²) in [5.41, 5.74) is 11.3. The summed E-state index contributed by atoms with van der Waals surface area (Å²) in [7, 11) is 0. The van der Waals surface area contributed by atoms with E-state index in [0.29, 0.717) is 33.5 Å². The van der Waals surface area contributed by atoms with Crippen molar-refractivity contribution in [2.24, 2.45) is 0 Å². The van der Waals surface area contributed by atoms with Gasteiger partial charge in [-0.15, -0.1) is 0 Å². The lowest BCUT2D eigenvalue weighted by Crippen LogP contribution is -2.10. The van der Waals surface area contributed by atoms with Crippen molar-refractivity contribution in [3.05, 3.63) is 273 Å². The van der Waals surface area contributed by atoms with E-state index in [1.807, 2.05) is 103 Å². The molecule has 0 spiro atoms. The number of rotatable bonds is 9. The Labute approximate surface area is 446 Å². The molecule has 0 aliphatic carbocycles. The van der Waals surface area contributed by atoms with Crippen molar-refractivity contribution in [3.63, 3.8) is 0 Å². The van der Waals surface area contributed by atoms with Gasteiger partial charge in [0.2, 0.25) is 0 Å². The number of para-hydroxylation sites is 5.